The van der Waals surface area contributed by atoms with E-state index in [9.17, 15) is 4.79 Å². The Labute approximate surface area is 90.3 Å². The second kappa shape index (κ2) is 12.3. The number of carbonyl (C=O) groups excluding carboxylic acids is 2. The fourth-order valence-electron chi connectivity index (χ4n) is 0.374. The molecule has 0 saturated heterocycles. The number of hydrogen-bond donors (Lipinski definition) is 0. The quantitative estimate of drug-likeness (QED) is 0.461. The van der Waals surface area contributed by atoms with E-state index in [0.717, 1.165) is 19.3 Å². The summed E-state index contributed by atoms with van der Waals surface area (Å²) in [5, 5.41) is 8.25. The van der Waals surface area contributed by atoms with Gasteiger partial charge in [0.2, 0.25) is 0 Å². The summed E-state index contributed by atoms with van der Waals surface area (Å²) in [5.41, 5.74) is 0. The molecule has 0 aromatic rings. The predicted molar refractivity (Wildman–Crippen MR) is 36.4 cm³/mol. The Morgan fingerprint density at radius 1 is 1.70 bits per heavy atom. The van der Waals surface area contributed by atoms with Crippen molar-refractivity contribution in [1.82, 2.24) is 0 Å². The van der Waals surface area contributed by atoms with Crippen LogP contribution in [0.1, 0.15) is 26.2 Å². The normalized spacial score (nSPS) is 7.50. The van der Waals surface area contributed by atoms with Gasteiger partial charge in [-0.25, -0.2) is 0 Å². The maximum atomic E-state index is 10.3. The van der Waals surface area contributed by atoms with Gasteiger partial charge in [0.15, 0.2) is 0 Å². The van der Waals surface area contributed by atoms with Crippen molar-refractivity contribution in [3.63, 3.8) is 0 Å². The molecule has 54 valence electrons. The summed E-state index contributed by atoms with van der Waals surface area (Å²) in [6.45, 7) is 1.61. The van der Waals surface area contributed by atoms with Gasteiger partial charge in [-0.15, -0.1) is 0 Å². The van der Waals surface area contributed by atoms with E-state index in [0.29, 0.717) is 44.0 Å². The van der Waals surface area contributed by atoms with Gasteiger partial charge in [0.25, 0.3) is 0 Å². The van der Waals surface area contributed by atoms with Gasteiger partial charge in [-0.3, -0.25) is 0 Å². The minimum atomic E-state index is -0.500. The van der Waals surface area contributed by atoms with Crippen LogP contribution < -0.4 is 5.11 Å². The Kier molecular flexibility index (Phi) is 16.3. The Morgan fingerprint density at radius 2 is 2.10 bits per heavy atom. The molecule has 0 atom stereocenters. The molecule has 0 aliphatic heterocycles. The van der Waals surface area contributed by atoms with Crippen molar-refractivity contribution in [2.45, 2.75) is 26.2 Å². The number of carboxylic acid groups (broad SMARTS) is 1. The summed E-state index contributed by atoms with van der Waals surface area (Å²) in [7, 11) is 0. The summed E-state index contributed by atoms with van der Waals surface area (Å²) in [5.74, 6) is 0. The molecule has 0 aliphatic rings. The van der Waals surface area contributed by atoms with Crippen LogP contribution in [0.25, 0.3) is 0 Å². The molecule has 3 nitrogen and oxygen atoms in total. The van der Waals surface area contributed by atoms with E-state index in [1.54, 1.807) is 0 Å². The zero-order chi connectivity index (χ0) is 8.41. The van der Waals surface area contributed by atoms with E-state index in [2.05, 4.69) is 6.92 Å². The maximum absolute atomic E-state index is 10.3. The van der Waals surface area contributed by atoms with Gasteiger partial charge in [0, 0.05) is 6.47 Å². The molecule has 0 aliphatic carbocycles. The monoisotopic (exact) mass is 218 g/mol. The molecule has 0 rings (SSSR count). The molecule has 0 amide bonds. The van der Waals surface area contributed by atoms with Gasteiger partial charge < -0.3 is 9.90 Å². The number of carbonyl (C=O) groups is 2. The number of hydrogen-bond acceptors (Lipinski definition) is 3. The van der Waals surface area contributed by atoms with E-state index >= 15 is 0 Å². The van der Waals surface area contributed by atoms with Crippen LogP contribution in [0.4, 0.5) is 0 Å². The van der Waals surface area contributed by atoms with Crippen LogP contribution in [0.15, 0.2) is 0 Å². The molecule has 0 aromatic carbocycles. The summed E-state index contributed by atoms with van der Waals surface area (Å²) in [6.07, 6.45) is 3.08. The van der Waals surface area contributed by atoms with Crippen LogP contribution in [0.5, 0.6) is 0 Å². The van der Waals surface area contributed by atoms with E-state index in [1.807, 2.05) is 0 Å². The van der Waals surface area contributed by atoms with Crippen LogP contribution in [-0.4, -0.2) is 50.5 Å². The fraction of sp³-hybridized carbons (Fsp3) is 0.667. The topological polar surface area (TPSA) is 57.2 Å². The third-order valence-electron chi connectivity index (χ3n) is 0.809. The van der Waals surface area contributed by atoms with Crippen LogP contribution in [0.2, 0.25) is 0 Å². The third kappa shape index (κ3) is 23.4. The second-order valence-corrected chi connectivity index (χ2v) is 3.68. The zero-order valence-corrected chi connectivity index (χ0v) is 9.61. The van der Waals surface area contributed by atoms with Gasteiger partial charge in [-0.1, -0.05) is 0 Å². The van der Waals surface area contributed by atoms with Crippen molar-refractivity contribution in [3.8, 4) is 0 Å². The molecule has 0 aromatic heterocycles. The molecule has 0 spiro atoms. The Hall–Kier alpha value is 0.621. The summed E-state index contributed by atoms with van der Waals surface area (Å²) < 4.78 is 0.477. The fourth-order valence-corrected chi connectivity index (χ4v) is 0.988. The van der Waals surface area contributed by atoms with Crippen molar-refractivity contribution in [1.29, 1.82) is 0 Å². The molecule has 0 heterocycles. The number of unbranched alkanes of at least 4 members (excludes halogenated alkanes) is 1. The molecule has 0 saturated carbocycles. The Balaban J connectivity index is 0. The van der Waals surface area contributed by atoms with Crippen LogP contribution >= 0.6 is 0 Å². The Morgan fingerprint density at radius 3 is 2.20 bits per heavy atom. The molecule has 0 radical (unpaired) electrons. The van der Waals surface area contributed by atoms with Crippen molar-refractivity contribution >= 4 is 50.5 Å². The largest absolute Gasteiger partial charge is 0.554 e. The minimum Gasteiger partial charge on any atom is -0.554 e. The van der Waals surface area contributed by atoms with Crippen LogP contribution in [-0.2, 0) is 9.59 Å². The molecular formula is C6H10O3Sr. The molecular weight excluding hydrogens is 208 g/mol. The van der Waals surface area contributed by atoms with Crippen molar-refractivity contribution < 1.29 is 14.7 Å². The predicted octanol–water partition coefficient (Wildman–Crippen LogP) is -0.762. The zero-order valence-electron chi connectivity index (χ0n) is 6.13. The molecule has 0 unspecified atom stereocenters. The molecule has 0 N–H and O–H groups in total. The van der Waals surface area contributed by atoms with Gasteiger partial charge in [0.1, 0.15) is 0 Å². The standard InChI is InChI=1S/C5H9O.CH2O2.Sr/c1-2-3-4-5-6;2-1-3;/h2-4H2,1H3;1H,(H,2,3);/q;;+1/p-1. The summed E-state index contributed by atoms with van der Waals surface area (Å²) in [4.78, 5) is 18.5. The van der Waals surface area contributed by atoms with E-state index in [-0.39, 0.29) is 0 Å². The van der Waals surface area contributed by atoms with Crippen molar-refractivity contribution in [2.24, 2.45) is 0 Å². The van der Waals surface area contributed by atoms with E-state index < -0.39 is 6.47 Å². The van der Waals surface area contributed by atoms with Crippen molar-refractivity contribution in [3.05, 3.63) is 0 Å². The number of rotatable bonds is 3. The van der Waals surface area contributed by atoms with Crippen molar-refractivity contribution in [2.75, 3.05) is 0 Å². The first-order chi connectivity index (χ1) is 4.68. The van der Waals surface area contributed by atoms with E-state index in [1.165, 1.54) is 0 Å². The van der Waals surface area contributed by atoms with Gasteiger partial charge >= 0.3 is 75.0 Å². The third-order valence-corrected chi connectivity index (χ3v) is 1.68. The summed E-state index contributed by atoms with van der Waals surface area (Å²) in [6, 6.07) is 0. The maximum Gasteiger partial charge on any atom is 0.0275 e. The average Bonchev–Trinajstić information content (AvgIpc) is 1.85. The van der Waals surface area contributed by atoms with Gasteiger partial charge in [-0.2, -0.15) is 0 Å². The first-order valence-corrected chi connectivity index (χ1v) is 4.83. The molecule has 4 heteroatoms. The second-order valence-electron chi connectivity index (χ2n) is 1.74. The smallest absolute Gasteiger partial charge is 0.0275 e. The SMILES string of the molecule is CCCC[C](=O)[Sr+].O=C[O-]. The summed E-state index contributed by atoms with van der Waals surface area (Å²) >= 11 is 0.545. The molecule has 0 fully saturated rings. The van der Waals surface area contributed by atoms with Crippen LogP contribution in [0.3, 0.4) is 0 Å². The first-order valence-electron chi connectivity index (χ1n) is 3.09. The Bertz CT molecular complexity index is 93.0. The van der Waals surface area contributed by atoms with Gasteiger partial charge in [-0.05, 0) is 0 Å². The minimum absolute atomic E-state index is 0.477. The molecule has 10 heavy (non-hydrogen) atoms. The van der Waals surface area contributed by atoms with Gasteiger partial charge in [0.05, 0.1) is 0 Å². The molecule has 0 bridgehead atoms. The van der Waals surface area contributed by atoms with E-state index in [4.69, 9.17) is 9.90 Å². The average molecular weight is 218 g/mol. The van der Waals surface area contributed by atoms with Crippen LogP contribution in [0, 0.1) is 0 Å². The first kappa shape index (κ1) is 13.2.